The standard InChI is InChI=1S/C18H21NO4/c1-2-3-4-11-5-7-12(8-6-11)19-17(20)15-13-9-10-14(23-13)16(15)18(21)22/h5-10,13-16H,2-4H2,1H3,(H,19,20)(H,21,22)/p-1/t13-,14+,15+,16-/m0/s1. The lowest BCUT2D eigenvalue weighted by atomic mass is 9.82. The van der Waals surface area contributed by atoms with Gasteiger partial charge in [0.05, 0.1) is 18.1 Å². The van der Waals surface area contributed by atoms with Crippen molar-refractivity contribution in [1.82, 2.24) is 0 Å². The Bertz CT molecular complexity index is 622. The maximum absolute atomic E-state index is 12.5. The summed E-state index contributed by atoms with van der Waals surface area (Å²) in [4.78, 5) is 23.8. The molecule has 3 rings (SSSR count). The Morgan fingerprint density at radius 1 is 1.13 bits per heavy atom. The molecule has 1 saturated heterocycles. The number of anilines is 1. The molecule has 0 unspecified atom stereocenters. The first kappa shape index (κ1) is 15.7. The minimum Gasteiger partial charge on any atom is -0.550 e. The lowest BCUT2D eigenvalue weighted by Gasteiger charge is -2.25. The molecule has 1 N–H and O–H groups in total. The van der Waals surface area contributed by atoms with Crippen molar-refractivity contribution in [2.45, 2.75) is 38.4 Å². The van der Waals surface area contributed by atoms with Crippen LogP contribution in [0.15, 0.2) is 36.4 Å². The molecule has 122 valence electrons. The van der Waals surface area contributed by atoms with Crippen LogP contribution in [0.3, 0.4) is 0 Å². The van der Waals surface area contributed by atoms with Gasteiger partial charge in [-0.15, -0.1) is 0 Å². The summed E-state index contributed by atoms with van der Waals surface area (Å²) in [5, 5.41) is 14.1. The zero-order chi connectivity index (χ0) is 16.4. The van der Waals surface area contributed by atoms with E-state index in [1.165, 1.54) is 5.56 Å². The third-order valence-electron chi connectivity index (χ3n) is 4.51. The van der Waals surface area contributed by atoms with E-state index in [1.807, 2.05) is 24.3 Å². The molecule has 4 atom stereocenters. The summed E-state index contributed by atoms with van der Waals surface area (Å²) in [6.07, 6.45) is 5.69. The second kappa shape index (κ2) is 6.54. The van der Waals surface area contributed by atoms with Crippen LogP contribution in [0.5, 0.6) is 0 Å². The number of hydrogen-bond acceptors (Lipinski definition) is 4. The number of carbonyl (C=O) groups is 2. The Hall–Kier alpha value is -2.14. The molecular weight excluding hydrogens is 294 g/mol. The number of carboxylic acid groups (broad SMARTS) is 1. The average molecular weight is 314 g/mol. The summed E-state index contributed by atoms with van der Waals surface area (Å²) in [6.45, 7) is 2.15. The second-order valence-electron chi connectivity index (χ2n) is 6.11. The Balaban J connectivity index is 1.67. The number of aryl methyl sites for hydroxylation is 1. The van der Waals surface area contributed by atoms with E-state index in [0.29, 0.717) is 5.69 Å². The van der Waals surface area contributed by atoms with Crippen LogP contribution in [0.2, 0.25) is 0 Å². The molecule has 0 aliphatic carbocycles. The highest BCUT2D eigenvalue weighted by Crippen LogP contribution is 2.39. The summed E-state index contributed by atoms with van der Waals surface area (Å²) in [7, 11) is 0. The number of amides is 1. The van der Waals surface area contributed by atoms with Crippen LogP contribution in [0.1, 0.15) is 25.3 Å². The predicted octanol–water partition coefficient (Wildman–Crippen LogP) is 1.29. The molecule has 1 aromatic carbocycles. The third kappa shape index (κ3) is 3.15. The van der Waals surface area contributed by atoms with Gasteiger partial charge in [0.25, 0.3) is 0 Å². The number of carbonyl (C=O) groups excluding carboxylic acids is 2. The topological polar surface area (TPSA) is 78.5 Å². The summed E-state index contributed by atoms with van der Waals surface area (Å²) >= 11 is 0. The molecule has 1 aromatic rings. The molecule has 2 aliphatic rings. The van der Waals surface area contributed by atoms with Gasteiger partial charge in [0.1, 0.15) is 0 Å². The van der Waals surface area contributed by atoms with Crippen LogP contribution in [0.4, 0.5) is 5.69 Å². The molecule has 0 aromatic heterocycles. The number of aliphatic carboxylic acids is 1. The van der Waals surface area contributed by atoms with Crippen LogP contribution < -0.4 is 10.4 Å². The summed E-state index contributed by atoms with van der Waals surface area (Å²) in [5.74, 6) is -3.24. The molecule has 2 heterocycles. The van der Waals surface area contributed by atoms with Crippen molar-refractivity contribution < 1.29 is 19.4 Å². The number of nitrogens with one attached hydrogen (secondary N) is 1. The van der Waals surface area contributed by atoms with Gasteiger partial charge < -0.3 is 20.0 Å². The second-order valence-corrected chi connectivity index (χ2v) is 6.11. The molecule has 0 spiro atoms. The van der Waals surface area contributed by atoms with E-state index < -0.39 is 30.0 Å². The van der Waals surface area contributed by atoms with E-state index in [1.54, 1.807) is 12.2 Å². The maximum Gasteiger partial charge on any atom is 0.231 e. The number of carboxylic acids is 1. The van der Waals surface area contributed by atoms with E-state index in [0.717, 1.165) is 19.3 Å². The molecule has 2 bridgehead atoms. The van der Waals surface area contributed by atoms with Gasteiger partial charge in [-0.3, -0.25) is 4.79 Å². The molecule has 0 saturated carbocycles. The van der Waals surface area contributed by atoms with Crippen molar-refractivity contribution >= 4 is 17.6 Å². The molecule has 5 heteroatoms. The SMILES string of the molecule is CCCCc1ccc(NC(=O)[C@H]2[C@@H](C(=O)[O-])[C@H]3C=C[C@@H]2O3)cc1. The van der Waals surface area contributed by atoms with Crippen LogP contribution in [0.25, 0.3) is 0 Å². The van der Waals surface area contributed by atoms with E-state index in [9.17, 15) is 14.7 Å². The van der Waals surface area contributed by atoms with Gasteiger partial charge in [0, 0.05) is 17.6 Å². The third-order valence-corrected chi connectivity index (χ3v) is 4.51. The highest BCUT2D eigenvalue weighted by molar-refractivity contribution is 5.96. The van der Waals surface area contributed by atoms with Crippen LogP contribution in [-0.2, 0) is 20.7 Å². The number of fused-ring (bicyclic) bond motifs is 2. The lowest BCUT2D eigenvalue weighted by molar-refractivity contribution is -0.313. The zero-order valence-electron chi connectivity index (χ0n) is 13.0. The number of benzene rings is 1. The Kier molecular flexibility index (Phi) is 4.48. The molecule has 5 nitrogen and oxygen atoms in total. The highest BCUT2D eigenvalue weighted by Gasteiger charge is 2.50. The van der Waals surface area contributed by atoms with Gasteiger partial charge in [-0.2, -0.15) is 0 Å². The monoisotopic (exact) mass is 314 g/mol. The summed E-state index contributed by atoms with van der Waals surface area (Å²) in [5.41, 5.74) is 1.89. The van der Waals surface area contributed by atoms with Crippen molar-refractivity contribution in [2.75, 3.05) is 5.32 Å². The van der Waals surface area contributed by atoms with Gasteiger partial charge in [0.15, 0.2) is 0 Å². The van der Waals surface area contributed by atoms with Crippen molar-refractivity contribution in [3.05, 3.63) is 42.0 Å². The Morgan fingerprint density at radius 3 is 2.39 bits per heavy atom. The van der Waals surface area contributed by atoms with E-state index in [2.05, 4.69) is 12.2 Å². The predicted molar refractivity (Wildman–Crippen MR) is 83.5 cm³/mol. The fraction of sp³-hybridized carbons (Fsp3) is 0.444. The van der Waals surface area contributed by atoms with Gasteiger partial charge >= 0.3 is 0 Å². The number of rotatable bonds is 6. The number of hydrogen-bond donors (Lipinski definition) is 1. The number of ether oxygens (including phenoxy) is 1. The van der Waals surface area contributed by atoms with Crippen molar-refractivity contribution in [1.29, 1.82) is 0 Å². The minimum atomic E-state index is -1.24. The summed E-state index contributed by atoms with van der Waals surface area (Å²) < 4.78 is 5.49. The Labute approximate surface area is 135 Å². The fourth-order valence-electron chi connectivity index (χ4n) is 3.26. The first-order valence-corrected chi connectivity index (χ1v) is 8.04. The highest BCUT2D eigenvalue weighted by atomic mass is 16.5. The van der Waals surface area contributed by atoms with Gasteiger partial charge in [-0.25, -0.2) is 0 Å². The lowest BCUT2D eigenvalue weighted by Crippen LogP contribution is -2.45. The average Bonchev–Trinajstić information content (AvgIpc) is 3.15. The number of unbranched alkanes of at least 4 members (excludes halogenated alkanes) is 1. The van der Waals surface area contributed by atoms with Gasteiger partial charge in [0.2, 0.25) is 5.91 Å². The van der Waals surface area contributed by atoms with Crippen molar-refractivity contribution in [3.63, 3.8) is 0 Å². The normalized spacial score (nSPS) is 28.0. The van der Waals surface area contributed by atoms with Crippen molar-refractivity contribution in [3.8, 4) is 0 Å². The van der Waals surface area contributed by atoms with Crippen molar-refractivity contribution in [2.24, 2.45) is 11.8 Å². The minimum absolute atomic E-state index is 0.336. The largest absolute Gasteiger partial charge is 0.550 e. The molecular formula is C18H20NO4-. The van der Waals surface area contributed by atoms with Gasteiger partial charge in [-0.1, -0.05) is 37.6 Å². The van der Waals surface area contributed by atoms with Crippen LogP contribution >= 0.6 is 0 Å². The van der Waals surface area contributed by atoms with Crippen LogP contribution in [-0.4, -0.2) is 24.1 Å². The van der Waals surface area contributed by atoms with Gasteiger partial charge in [-0.05, 0) is 30.5 Å². The zero-order valence-corrected chi connectivity index (χ0v) is 13.0. The van der Waals surface area contributed by atoms with E-state index >= 15 is 0 Å². The first-order valence-electron chi connectivity index (χ1n) is 8.04. The molecule has 2 aliphatic heterocycles. The Morgan fingerprint density at radius 2 is 1.78 bits per heavy atom. The molecule has 23 heavy (non-hydrogen) atoms. The molecule has 1 amide bonds. The maximum atomic E-state index is 12.5. The summed E-state index contributed by atoms with van der Waals surface area (Å²) in [6, 6.07) is 7.67. The first-order chi connectivity index (χ1) is 11.1. The van der Waals surface area contributed by atoms with E-state index in [4.69, 9.17) is 4.74 Å². The molecule has 0 radical (unpaired) electrons. The van der Waals surface area contributed by atoms with E-state index in [-0.39, 0.29) is 5.91 Å². The quantitative estimate of drug-likeness (QED) is 0.803. The smallest absolute Gasteiger partial charge is 0.231 e. The molecule has 1 fully saturated rings. The fourth-order valence-corrected chi connectivity index (χ4v) is 3.26. The van der Waals surface area contributed by atoms with Crippen LogP contribution in [0, 0.1) is 11.8 Å².